The van der Waals surface area contributed by atoms with Gasteiger partial charge in [-0.1, -0.05) is 5.16 Å². The van der Waals surface area contributed by atoms with Gasteiger partial charge < -0.3 is 44.8 Å². The summed E-state index contributed by atoms with van der Waals surface area (Å²) < 4.78 is 15.9. The number of carbonyl (C=O) groups is 6. The SMILES string of the molecule is CC(C)(C)OC(=O)NCCN1CCN(C[C@@H]2NC(=O)[C@H]2NC(=O)C(=NOC(C)(C)C(=O)OC(C)(C)C)c2csc(NC(=O)OC(C)(C)C)n2)C1=O. The zero-order valence-electron chi connectivity index (χ0n) is 31.0. The summed E-state index contributed by atoms with van der Waals surface area (Å²) in [7, 11) is 0. The number of hydrogen-bond donors (Lipinski definition) is 4. The van der Waals surface area contributed by atoms with E-state index in [1.165, 1.54) is 24.1 Å². The fraction of sp³-hybridized carbons (Fsp3) is 0.688. The highest BCUT2D eigenvalue weighted by Crippen LogP contribution is 2.22. The third-order valence-electron chi connectivity index (χ3n) is 6.77. The monoisotopic (exact) mass is 738 g/mol. The smallest absolute Gasteiger partial charge is 0.413 e. The lowest BCUT2D eigenvalue weighted by Gasteiger charge is -2.39. The number of alkyl carbamates (subject to hydrolysis) is 1. The topological polar surface area (TPSA) is 219 Å². The predicted molar refractivity (Wildman–Crippen MR) is 186 cm³/mol. The van der Waals surface area contributed by atoms with Crippen LogP contribution in [0.2, 0.25) is 0 Å². The van der Waals surface area contributed by atoms with E-state index in [0.29, 0.717) is 13.1 Å². The van der Waals surface area contributed by atoms with Gasteiger partial charge in [0.25, 0.3) is 5.91 Å². The Balaban J connectivity index is 1.71. The molecular weight excluding hydrogens is 688 g/mol. The molecule has 2 aliphatic rings. The first-order valence-electron chi connectivity index (χ1n) is 16.4. The Morgan fingerprint density at radius 3 is 2.08 bits per heavy atom. The Hall–Kier alpha value is -4.68. The van der Waals surface area contributed by atoms with Gasteiger partial charge in [0, 0.05) is 38.1 Å². The highest BCUT2D eigenvalue weighted by atomic mass is 32.1. The van der Waals surface area contributed by atoms with Crippen molar-refractivity contribution in [1.29, 1.82) is 0 Å². The van der Waals surface area contributed by atoms with Gasteiger partial charge >= 0.3 is 24.2 Å². The van der Waals surface area contributed by atoms with Gasteiger partial charge in [-0.15, -0.1) is 11.3 Å². The summed E-state index contributed by atoms with van der Waals surface area (Å²) in [5, 5.41) is 15.9. The Kier molecular flexibility index (Phi) is 12.5. The molecule has 51 heavy (non-hydrogen) atoms. The van der Waals surface area contributed by atoms with Crippen molar-refractivity contribution in [3.8, 4) is 0 Å². The number of ether oxygens (including phenoxy) is 3. The van der Waals surface area contributed by atoms with E-state index < -0.39 is 64.5 Å². The van der Waals surface area contributed by atoms with Gasteiger partial charge in [0.2, 0.25) is 11.5 Å². The maximum atomic E-state index is 13.7. The van der Waals surface area contributed by atoms with E-state index in [1.807, 2.05) is 0 Å². The van der Waals surface area contributed by atoms with Crippen LogP contribution in [-0.2, 0) is 33.4 Å². The van der Waals surface area contributed by atoms with Crippen LogP contribution in [0.1, 0.15) is 81.9 Å². The molecule has 2 atom stereocenters. The number of anilines is 1. The van der Waals surface area contributed by atoms with Crippen molar-refractivity contribution < 1.29 is 47.8 Å². The second kappa shape index (κ2) is 15.7. The number of β-lactam (4-membered cyclic amide) rings is 1. The molecule has 6 amide bonds. The van der Waals surface area contributed by atoms with E-state index >= 15 is 0 Å². The van der Waals surface area contributed by atoms with Gasteiger partial charge in [0.05, 0.1) is 6.04 Å². The van der Waals surface area contributed by atoms with Gasteiger partial charge in [-0.05, 0) is 76.2 Å². The third kappa shape index (κ3) is 12.6. The van der Waals surface area contributed by atoms with E-state index in [9.17, 15) is 28.8 Å². The summed E-state index contributed by atoms with van der Waals surface area (Å²) in [5.74, 6) is -2.10. The maximum Gasteiger partial charge on any atom is 0.413 e. The molecule has 1 aromatic heterocycles. The Bertz CT molecular complexity index is 1520. The van der Waals surface area contributed by atoms with Gasteiger partial charge in [-0.2, -0.15) is 0 Å². The lowest BCUT2D eigenvalue weighted by atomic mass is 9.98. The first kappa shape index (κ1) is 40.7. The lowest BCUT2D eigenvalue weighted by Crippen LogP contribution is -2.72. The van der Waals surface area contributed by atoms with Gasteiger partial charge in [-0.25, -0.2) is 24.2 Å². The zero-order valence-corrected chi connectivity index (χ0v) is 31.9. The molecule has 0 spiro atoms. The molecule has 284 valence electrons. The molecule has 0 bridgehead atoms. The van der Waals surface area contributed by atoms with Crippen molar-refractivity contribution in [1.82, 2.24) is 30.7 Å². The molecule has 19 heteroatoms. The normalized spacial score (nSPS) is 18.4. The highest BCUT2D eigenvalue weighted by molar-refractivity contribution is 7.14. The van der Waals surface area contributed by atoms with Crippen LogP contribution >= 0.6 is 11.3 Å². The van der Waals surface area contributed by atoms with E-state index in [-0.39, 0.29) is 42.2 Å². The minimum atomic E-state index is -1.63. The van der Waals surface area contributed by atoms with Crippen LogP contribution in [0.3, 0.4) is 0 Å². The third-order valence-corrected chi connectivity index (χ3v) is 7.53. The summed E-state index contributed by atoms with van der Waals surface area (Å²) in [6, 6.07) is -1.97. The molecule has 0 unspecified atom stereocenters. The molecule has 0 aromatic carbocycles. The number of rotatable bonds is 12. The number of aromatic nitrogens is 1. The van der Waals surface area contributed by atoms with Crippen LogP contribution in [0.25, 0.3) is 0 Å². The zero-order chi connectivity index (χ0) is 38.5. The molecule has 0 radical (unpaired) electrons. The van der Waals surface area contributed by atoms with Crippen molar-refractivity contribution in [2.24, 2.45) is 5.16 Å². The average molecular weight is 739 g/mol. The quantitative estimate of drug-likeness (QED) is 0.0803. The molecule has 3 rings (SSSR count). The molecule has 2 saturated heterocycles. The first-order valence-corrected chi connectivity index (χ1v) is 17.3. The van der Waals surface area contributed by atoms with Crippen molar-refractivity contribution in [3.05, 3.63) is 11.1 Å². The number of urea groups is 1. The maximum absolute atomic E-state index is 13.7. The summed E-state index contributed by atoms with van der Waals surface area (Å²) in [5.41, 5.74) is -4.29. The number of carbonyl (C=O) groups excluding carboxylic acids is 6. The lowest BCUT2D eigenvalue weighted by molar-refractivity contribution is -0.179. The van der Waals surface area contributed by atoms with Crippen LogP contribution in [0.15, 0.2) is 10.5 Å². The van der Waals surface area contributed by atoms with Crippen LogP contribution < -0.4 is 21.3 Å². The van der Waals surface area contributed by atoms with Crippen LogP contribution in [0.4, 0.5) is 19.5 Å². The summed E-state index contributed by atoms with van der Waals surface area (Å²) >= 11 is 0.979. The van der Waals surface area contributed by atoms with Gasteiger partial charge in [0.15, 0.2) is 10.8 Å². The fourth-order valence-electron chi connectivity index (χ4n) is 4.46. The van der Waals surface area contributed by atoms with Crippen molar-refractivity contribution in [3.63, 3.8) is 0 Å². The molecule has 1 aromatic rings. The summed E-state index contributed by atoms with van der Waals surface area (Å²) in [6.45, 7) is 19.5. The molecule has 0 aliphatic carbocycles. The number of esters is 1. The minimum Gasteiger partial charge on any atom is -0.457 e. The molecule has 3 heterocycles. The van der Waals surface area contributed by atoms with E-state index in [0.717, 1.165) is 11.3 Å². The van der Waals surface area contributed by atoms with Crippen LogP contribution in [0, 0.1) is 0 Å². The standard InChI is InChI=1S/C32H50N8O10S/c1-29(2,3)47-24(43)32(10,11)50-38-21(19-17-51-25(35-19)37-27(45)49-31(7,8)9)23(42)36-20-18(34-22(20)41)16-40-15-14-39(28(40)46)13-12-33-26(44)48-30(4,5)6/h17-18,20H,12-16H2,1-11H3,(H,33,44)(H,34,41)(H,36,42)(H,35,37,45)/t18-,20-/m0/s1. The molecule has 0 saturated carbocycles. The number of oxime groups is 1. The Labute approximate surface area is 301 Å². The number of thiazole rings is 1. The summed E-state index contributed by atoms with van der Waals surface area (Å²) in [6.07, 6.45) is -1.35. The second-order valence-corrected chi connectivity index (χ2v) is 16.3. The van der Waals surface area contributed by atoms with Crippen LogP contribution in [-0.4, -0.2) is 124 Å². The van der Waals surface area contributed by atoms with Crippen molar-refractivity contribution >= 4 is 58.2 Å². The first-order chi connectivity index (χ1) is 23.3. The number of nitrogens with zero attached hydrogens (tertiary/aromatic N) is 4. The Morgan fingerprint density at radius 1 is 0.902 bits per heavy atom. The van der Waals surface area contributed by atoms with E-state index in [1.54, 1.807) is 67.2 Å². The van der Waals surface area contributed by atoms with Crippen molar-refractivity contribution in [2.45, 2.75) is 111 Å². The molecule has 2 fully saturated rings. The van der Waals surface area contributed by atoms with E-state index in [2.05, 4.69) is 31.4 Å². The second-order valence-electron chi connectivity index (χ2n) is 15.4. The molecule has 4 N–H and O–H groups in total. The largest absolute Gasteiger partial charge is 0.457 e. The number of amides is 6. The highest BCUT2D eigenvalue weighted by Gasteiger charge is 2.44. The minimum absolute atomic E-state index is 0.0230. The molecular formula is C32H50N8O10S. The molecule has 18 nitrogen and oxygen atoms in total. The van der Waals surface area contributed by atoms with Crippen molar-refractivity contribution in [2.75, 3.05) is 38.0 Å². The average Bonchev–Trinajstić information content (AvgIpc) is 3.54. The predicted octanol–water partition coefficient (Wildman–Crippen LogP) is 2.58. The number of nitrogens with one attached hydrogen (secondary N) is 4. The number of hydrogen-bond acceptors (Lipinski definition) is 13. The Morgan fingerprint density at radius 2 is 1.49 bits per heavy atom. The van der Waals surface area contributed by atoms with Gasteiger partial charge in [0.1, 0.15) is 28.5 Å². The van der Waals surface area contributed by atoms with Crippen LogP contribution in [0.5, 0.6) is 0 Å². The van der Waals surface area contributed by atoms with E-state index in [4.69, 9.17) is 19.0 Å². The fourth-order valence-corrected chi connectivity index (χ4v) is 5.14. The molecule has 2 aliphatic heterocycles. The summed E-state index contributed by atoms with van der Waals surface area (Å²) in [4.78, 5) is 89.3. The van der Waals surface area contributed by atoms with Gasteiger partial charge in [-0.3, -0.25) is 14.9 Å².